The molecule has 0 unspecified atom stereocenters. The second-order valence-electron chi connectivity index (χ2n) is 5.33. The van der Waals surface area contributed by atoms with E-state index in [9.17, 15) is 9.18 Å². The third-order valence-corrected chi connectivity index (χ3v) is 3.05. The number of methoxy groups -OCH3 is 1. The number of benzene rings is 1. The molecule has 4 nitrogen and oxygen atoms in total. The quantitative estimate of drug-likeness (QED) is 0.808. The van der Waals surface area contributed by atoms with Crippen molar-refractivity contribution in [3.63, 3.8) is 0 Å². The maximum absolute atomic E-state index is 13.5. The first-order valence-corrected chi connectivity index (χ1v) is 6.79. The van der Waals surface area contributed by atoms with Crippen molar-refractivity contribution in [2.24, 2.45) is 17.6 Å². The molecule has 0 heterocycles. The molecule has 1 aromatic carbocycles. The molecule has 0 bridgehead atoms. The van der Waals surface area contributed by atoms with Crippen molar-refractivity contribution >= 4 is 11.6 Å². The summed E-state index contributed by atoms with van der Waals surface area (Å²) in [6.45, 7) is 4.67. The van der Waals surface area contributed by atoms with Gasteiger partial charge in [-0.05, 0) is 36.9 Å². The maximum atomic E-state index is 13.5. The van der Waals surface area contributed by atoms with Gasteiger partial charge in [0.2, 0.25) is 5.91 Å². The van der Waals surface area contributed by atoms with Gasteiger partial charge in [0.25, 0.3) is 0 Å². The fraction of sp³-hybridized carbons (Fsp3) is 0.533. The normalized spacial score (nSPS) is 12.3. The van der Waals surface area contributed by atoms with Crippen LogP contribution in [0.25, 0.3) is 0 Å². The lowest BCUT2D eigenvalue weighted by atomic mass is 9.94. The average Bonchev–Trinajstić information content (AvgIpc) is 2.37. The van der Waals surface area contributed by atoms with Crippen LogP contribution in [0.15, 0.2) is 18.2 Å². The van der Waals surface area contributed by atoms with E-state index in [1.165, 1.54) is 19.2 Å². The number of rotatable bonds is 7. The van der Waals surface area contributed by atoms with Crippen LogP contribution in [0.5, 0.6) is 5.75 Å². The molecule has 0 aliphatic heterocycles. The first-order valence-electron chi connectivity index (χ1n) is 6.79. The van der Waals surface area contributed by atoms with Gasteiger partial charge < -0.3 is 15.8 Å². The van der Waals surface area contributed by atoms with Gasteiger partial charge in [-0.3, -0.25) is 4.79 Å². The average molecular weight is 282 g/mol. The van der Waals surface area contributed by atoms with Gasteiger partial charge in [-0.2, -0.15) is 0 Å². The van der Waals surface area contributed by atoms with Crippen molar-refractivity contribution in [3.05, 3.63) is 24.0 Å². The van der Waals surface area contributed by atoms with Crippen LogP contribution in [0, 0.1) is 17.7 Å². The van der Waals surface area contributed by atoms with E-state index >= 15 is 0 Å². The number of ether oxygens (including phenoxy) is 1. The lowest BCUT2D eigenvalue weighted by Gasteiger charge is -2.16. The molecule has 0 aromatic heterocycles. The van der Waals surface area contributed by atoms with Gasteiger partial charge in [0, 0.05) is 18.2 Å². The molecular formula is C15H23FN2O2. The monoisotopic (exact) mass is 282 g/mol. The van der Waals surface area contributed by atoms with Crippen LogP contribution in [0.3, 0.4) is 0 Å². The van der Waals surface area contributed by atoms with E-state index in [1.54, 1.807) is 6.07 Å². The van der Waals surface area contributed by atoms with Crippen LogP contribution in [-0.4, -0.2) is 19.6 Å². The smallest absolute Gasteiger partial charge is 0.224 e. The molecule has 5 heteroatoms. The molecule has 1 amide bonds. The van der Waals surface area contributed by atoms with Crippen molar-refractivity contribution in [3.8, 4) is 5.75 Å². The Morgan fingerprint density at radius 1 is 1.45 bits per heavy atom. The summed E-state index contributed by atoms with van der Waals surface area (Å²) in [5.41, 5.74) is 6.09. The highest BCUT2D eigenvalue weighted by Gasteiger charge is 2.14. The Kier molecular flexibility index (Phi) is 6.45. The topological polar surface area (TPSA) is 64.3 Å². The second kappa shape index (κ2) is 7.85. The van der Waals surface area contributed by atoms with Gasteiger partial charge in [0.1, 0.15) is 0 Å². The predicted molar refractivity (Wildman–Crippen MR) is 78.2 cm³/mol. The van der Waals surface area contributed by atoms with Crippen LogP contribution in [0.2, 0.25) is 0 Å². The zero-order valence-corrected chi connectivity index (χ0v) is 12.3. The Morgan fingerprint density at radius 2 is 2.15 bits per heavy atom. The van der Waals surface area contributed by atoms with Gasteiger partial charge in [-0.25, -0.2) is 4.39 Å². The largest absolute Gasteiger partial charge is 0.494 e. The maximum Gasteiger partial charge on any atom is 0.224 e. The van der Waals surface area contributed by atoms with E-state index in [0.717, 1.165) is 6.42 Å². The highest BCUT2D eigenvalue weighted by molar-refractivity contribution is 5.90. The molecular weight excluding hydrogens is 259 g/mol. The Balaban J connectivity index is 2.59. The lowest BCUT2D eigenvalue weighted by Crippen LogP contribution is -2.23. The Hall–Kier alpha value is -1.62. The number of carbonyl (C=O) groups is 1. The minimum Gasteiger partial charge on any atom is -0.494 e. The van der Waals surface area contributed by atoms with Crippen LogP contribution in [0.1, 0.15) is 26.7 Å². The molecule has 0 saturated carbocycles. The zero-order chi connectivity index (χ0) is 15.1. The molecule has 0 aliphatic carbocycles. The summed E-state index contributed by atoms with van der Waals surface area (Å²) in [6, 6.07) is 4.34. The summed E-state index contributed by atoms with van der Waals surface area (Å²) in [7, 11) is 1.40. The van der Waals surface area contributed by atoms with E-state index < -0.39 is 5.82 Å². The Labute approximate surface area is 119 Å². The summed E-state index contributed by atoms with van der Waals surface area (Å²) < 4.78 is 18.3. The van der Waals surface area contributed by atoms with Gasteiger partial charge in [-0.15, -0.1) is 0 Å². The number of nitrogens with two attached hydrogens (primary N) is 1. The number of amides is 1. The zero-order valence-electron chi connectivity index (χ0n) is 12.3. The Bertz CT molecular complexity index is 449. The first kappa shape index (κ1) is 16.4. The molecule has 20 heavy (non-hydrogen) atoms. The van der Waals surface area contributed by atoms with Crippen LogP contribution < -0.4 is 15.8 Å². The van der Waals surface area contributed by atoms with E-state index in [0.29, 0.717) is 24.6 Å². The molecule has 1 rings (SSSR count). The van der Waals surface area contributed by atoms with Gasteiger partial charge in [0.15, 0.2) is 11.6 Å². The first-order chi connectivity index (χ1) is 9.46. The molecule has 1 atom stereocenters. The molecule has 0 radical (unpaired) electrons. The predicted octanol–water partition coefficient (Wildman–Crippen LogP) is 2.78. The fourth-order valence-electron chi connectivity index (χ4n) is 2.15. The van der Waals surface area contributed by atoms with Gasteiger partial charge in [0.05, 0.1) is 7.11 Å². The minimum atomic E-state index is -0.497. The van der Waals surface area contributed by atoms with Crippen molar-refractivity contribution in [1.29, 1.82) is 0 Å². The van der Waals surface area contributed by atoms with Crippen molar-refractivity contribution in [2.45, 2.75) is 26.7 Å². The number of hydrogen-bond donors (Lipinski definition) is 2. The van der Waals surface area contributed by atoms with Crippen molar-refractivity contribution in [2.75, 3.05) is 19.0 Å². The van der Waals surface area contributed by atoms with Crippen LogP contribution in [0.4, 0.5) is 10.1 Å². The summed E-state index contributed by atoms with van der Waals surface area (Å²) >= 11 is 0. The third kappa shape index (κ3) is 5.17. The van der Waals surface area contributed by atoms with Gasteiger partial charge >= 0.3 is 0 Å². The third-order valence-electron chi connectivity index (χ3n) is 3.05. The molecule has 0 spiro atoms. The highest BCUT2D eigenvalue weighted by Crippen LogP contribution is 2.21. The molecule has 1 aromatic rings. The standard InChI is InChI=1S/C15H23FN2O2/c1-10(2)6-11(9-17)7-15(19)18-12-4-5-14(20-3)13(16)8-12/h4-5,8,10-11H,6-7,9,17H2,1-3H3,(H,18,19)/t11-/m0/s1. The summed E-state index contributed by atoms with van der Waals surface area (Å²) in [5.74, 6) is 0.157. The van der Waals surface area contributed by atoms with Crippen molar-refractivity contribution in [1.82, 2.24) is 0 Å². The summed E-state index contributed by atoms with van der Waals surface area (Å²) in [6.07, 6.45) is 1.25. The SMILES string of the molecule is COc1ccc(NC(=O)C[C@@H](CN)CC(C)C)cc1F. The number of hydrogen-bond acceptors (Lipinski definition) is 3. The molecule has 3 N–H and O–H groups in total. The number of anilines is 1. The number of nitrogens with one attached hydrogen (secondary N) is 1. The van der Waals surface area contributed by atoms with E-state index in [-0.39, 0.29) is 17.6 Å². The van der Waals surface area contributed by atoms with E-state index in [2.05, 4.69) is 19.2 Å². The fourth-order valence-corrected chi connectivity index (χ4v) is 2.15. The lowest BCUT2D eigenvalue weighted by molar-refractivity contribution is -0.117. The molecule has 112 valence electrons. The van der Waals surface area contributed by atoms with Crippen LogP contribution >= 0.6 is 0 Å². The number of halogens is 1. The summed E-state index contributed by atoms with van der Waals surface area (Å²) in [4.78, 5) is 11.9. The minimum absolute atomic E-state index is 0.148. The van der Waals surface area contributed by atoms with Gasteiger partial charge in [-0.1, -0.05) is 13.8 Å². The van der Waals surface area contributed by atoms with E-state index in [4.69, 9.17) is 10.5 Å². The second-order valence-corrected chi connectivity index (χ2v) is 5.33. The molecule has 0 fully saturated rings. The highest BCUT2D eigenvalue weighted by atomic mass is 19.1. The Morgan fingerprint density at radius 3 is 2.65 bits per heavy atom. The van der Waals surface area contributed by atoms with Crippen LogP contribution in [-0.2, 0) is 4.79 Å². The molecule has 0 aliphatic rings. The van der Waals surface area contributed by atoms with E-state index in [1.807, 2.05) is 0 Å². The van der Waals surface area contributed by atoms with Crippen molar-refractivity contribution < 1.29 is 13.9 Å². The number of carbonyl (C=O) groups excluding carboxylic acids is 1. The summed E-state index contributed by atoms with van der Waals surface area (Å²) in [5, 5.41) is 2.68. The molecule has 0 saturated heterocycles.